The van der Waals surface area contributed by atoms with E-state index in [0.717, 1.165) is 25.0 Å². The Hall–Kier alpha value is -2.53. The van der Waals surface area contributed by atoms with Gasteiger partial charge in [0.05, 0.1) is 38.7 Å². The van der Waals surface area contributed by atoms with Crippen LogP contribution in [-0.4, -0.2) is 39.4 Å². The fourth-order valence-electron chi connectivity index (χ4n) is 7.09. The lowest BCUT2D eigenvalue weighted by molar-refractivity contribution is -0.126. The van der Waals surface area contributed by atoms with E-state index in [2.05, 4.69) is 10.6 Å². The number of piperidine rings is 1. The van der Waals surface area contributed by atoms with Gasteiger partial charge in [0.25, 0.3) is 5.91 Å². The first-order valence-corrected chi connectivity index (χ1v) is 16.2. The summed E-state index contributed by atoms with van der Waals surface area (Å²) in [5.74, 6) is -1.77. The monoisotopic (exact) mass is 650 g/mol. The summed E-state index contributed by atoms with van der Waals surface area (Å²) in [6, 6.07) is 11.7. The van der Waals surface area contributed by atoms with Crippen molar-refractivity contribution in [1.29, 1.82) is 0 Å². The summed E-state index contributed by atoms with van der Waals surface area (Å²) in [6.45, 7) is 2.46. The second kappa shape index (κ2) is 10.6. The van der Waals surface area contributed by atoms with Crippen LogP contribution >= 0.6 is 34.8 Å². The van der Waals surface area contributed by atoms with Crippen LogP contribution in [0.1, 0.15) is 48.5 Å². The highest BCUT2D eigenvalue weighted by Gasteiger charge is 2.73. The second-order valence-electron chi connectivity index (χ2n) is 11.2. The minimum Gasteiger partial charge on any atom is -0.321 e. The van der Waals surface area contributed by atoms with Crippen molar-refractivity contribution in [2.24, 2.45) is 5.92 Å². The number of rotatable bonds is 5. The van der Waals surface area contributed by atoms with Crippen molar-refractivity contribution in [3.63, 3.8) is 0 Å². The summed E-state index contributed by atoms with van der Waals surface area (Å²) < 4.78 is 42.4. The molecule has 2 atom stereocenters. The van der Waals surface area contributed by atoms with Gasteiger partial charge in [-0.1, -0.05) is 40.9 Å². The minimum atomic E-state index is -4.46. The maximum Gasteiger partial charge on any atom is 0.339 e. The molecule has 220 valence electrons. The zero-order chi connectivity index (χ0) is 30.0. The zero-order valence-corrected chi connectivity index (χ0v) is 25.7. The summed E-state index contributed by atoms with van der Waals surface area (Å²) >= 11 is 19.6. The maximum atomic E-state index is 14.7. The van der Waals surface area contributed by atoms with Gasteiger partial charge in [-0.05, 0) is 81.2 Å². The standard InChI is InChI=1S/C30H27Cl3FN3O4S/c1-17(38)37(42(40,41)20-9-7-19(34)8-10-20)24-12-11-21(29(39)36-23-4-2-3-22(31)27(23)33)26(32)25(24)30(13-15-35-16-14-30)28(37)18-5-6-18/h2-4,7-12,18,28,35H,5-6,13-16H2,1H3/p+1. The van der Waals surface area contributed by atoms with Crippen LogP contribution in [0.25, 0.3) is 0 Å². The van der Waals surface area contributed by atoms with E-state index in [9.17, 15) is 22.4 Å². The van der Waals surface area contributed by atoms with Gasteiger partial charge in [0.15, 0.2) is 5.69 Å². The Balaban J connectivity index is 1.60. The molecule has 1 saturated carbocycles. The molecule has 0 aromatic heterocycles. The smallest absolute Gasteiger partial charge is 0.321 e. The van der Waals surface area contributed by atoms with Crippen molar-refractivity contribution >= 4 is 68.0 Å². The number of carbonyl (C=O) groups excluding carboxylic acids is 2. The summed E-state index contributed by atoms with van der Waals surface area (Å²) in [5, 5.41) is 6.66. The molecule has 1 saturated heterocycles. The fourth-order valence-corrected chi connectivity index (χ4v) is 10.1. The number of benzene rings is 3. The number of nitrogens with zero attached hydrogens (tertiary/aromatic N) is 1. The quantitative estimate of drug-likeness (QED) is 0.300. The Morgan fingerprint density at radius 2 is 1.64 bits per heavy atom. The molecule has 0 radical (unpaired) electrons. The van der Waals surface area contributed by atoms with Gasteiger partial charge < -0.3 is 10.6 Å². The first-order valence-electron chi connectivity index (χ1n) is 13.7. The molecule has 1 aliphatic carbocycles. The number of sulfonamides is 1. The van der Waals surface area contributed by atoms with E-state index in [1.165, 1.54) is 25.1 Å². The van der Waals surface area contributed by atoms with Crippen molar-refractivity contribution in [1.82, 2.24) is 9.21 Å². The van der Waals surface area contributed by atoms with Crippen LogP contribution in [0.2, 0.25) is 15.1 Å². The van der Waals surface area contributed by atoms with Crippen molar-refractivity contribution in [3.8, 4) is 0 Å². The molecule has 6 rings (SSSR count). The molecule has 2 heterocycles. The number of fused-ring (bicyclic) bond motifs is 2. The zero-order valence-electron chi connectivity index (χ0n) is 22.6. The molecular formula is C30H28Cl3FN3O4S+. The van der Waals surface area contributed by atoms with Crippen molar-refractivity contribution in [3.05, 3.63) is 86.6 Å². The van der Waals surface area contributed by atoms with Crippen LogP contribution in [0.3, 0.4) is 0 Å². The molecule has 0 bridgehead atoms. The third-order valence-electron chi connectivity index (χ3n) is 8.90. The van der Waals surface area contributed by atoms with Gasteiger partial charge in [0.2, 0.25) is 0 Å². The van der Waals surface area contributed by atoms with Gasteiger partial charge in [-0.3, -0.25) is 4.79 Å². The predicted octanol–water partition coefficient (Wildman–Crippen LogP) is 6.69. The Morgan fingerprint density at radius 1 is 0.976 bits per heavy atom. The highest BCUT2D eigenvalue weighted by atomic mass is 35.5. The van der Waals surface area contributed by atoms with Gasteiger partial charge in [0, 0.05) is 17.5 Å². The number of halogens is 4. The van der Waals surface area contributed by atoms with Crippen LogP contribution in [0, 0.1) is 11.7 Å². The highest BCUT2D eigenvalue weighted by Crippen LogP contribution is 2.64. The normalized spacial score (nSPS) is 23.0. The molecule has 2 amide bonds. The Morgan fingerprint density at radius 3 is 2.26 bits per heavy atom. The molecule has 2 N–H and O–H groups in total. The molecule has 12 heteroatoms. The number of hydrogen-bond acceptors (Lipinski definition) is 5. The predicted molar refractivity (Wildman–Crippen MR) is 162 cm³/mol. The van der Waals surface area contributed by atoms with E-state index in [4.69, 9.17) is 34.8 Å². The molecule has 3 aromatic rings. The Labute approximate surface area is 258 Å². The molecule has 3 aromatic carbocycles. The van der Waals surface area contributed by atoms with Gasteiger partial charge >= 0.3 is 15.9 Å². The average molecular weight is 652 g/mol. The van der Waals surface area contributed by atoms with Gasteiger partial charge in [-0.2, -0.15) is 8.42 Å². The maximum absolute atomic E-state index is 14.7. The topological polar surface area (TPSA) is 92.3 Å². The lowest BCUT2D eigenvalue weighted by Crippen LogP contribution is -2.67. The molecule has 1 spiro atoms. The molecule has 42 heavy (non-hydrogen) atoms. The number of carbonyl (C=O) groups is 2. The third kappa shape index (κ3) is 4.24. The van der Waals surface area contributed by atoms with Gasteiger partial charge in [-0.25, -0.2) is 9.18 Å². The number of hydrogen-bond donors (Lipinski definition) is 2. The van der Waals surface area contributed by atoms with Gasteiger partial charge in [-0.15, -0.1) is 3.89 Å². The average Bonchev–Trinajstić information content (AvgIpc) is 3.75. The largest absolute Gasteiger partial charge is 0.339 e. The first-order chi connectivity index (χ1) is 20.0. The lowest BCUT2D eigenvalue weighted by Gasteiger charge is -2.43. The van der Waals surface area contributed by atoms with Gasteiger partial charge in [0.1, 0.15) is 16.8 Å². The molecular weight excluding hydrogens is 624 g/mol. The second-order valence-corrected chi connectivity index (χ2v) is 14.3. The molecule has 3 aliphatic rings. The van der Waals surface area contributed by atoms with Crippen molar-refractivity contribution in [2.75, 3.05) is 18.4 Å². The van der Waals surface area contributed by atoms with Crippen LogP contribution in [0.4, 0.5) is 15.8 Å². The Kier molecular flexibility index (Phi) is 7.44. The van der Waals surface area contributed by atoms with Crippen molar-refractivity contribution in [2.45, 2.75) is 49.0 Å². The summed E-state index contributed by atoms with van der Waals surface area (Å²) in [4.78, 5) is 27.4. The molecule has 2 aliphatic heterocycles. The van der Waals surface area contributed by atoms with E-state index in [-0.39, 0.29) is 37.1 Å². The fraction of sp³-hybridized carbons (Fsp3) is 0.333. The van der Waals surface area contributed by atoms with Crippen LogP contribution < -0.4 is 14.5 Å². The summed E-state index contributed by atoms with van der Waals surface area (Å²) in [7, 11) is -4.46. The van der Waals surface area contributed by atoms with E-state index < -0.39 is 43.0 Å². The number of quaternary nitrogens is 1. The van der Waals surface area contributed by atoms with E-state index >= 15 is 0 Å². The third-order valence-corrected chi connectivity index (χ3v) is 12.4. The number of amides is 2. The minimum absolute atomic E-state index is 0.0618. The molecule has 7 nitrogen and oxygen atoms in total. The van der Waals surface area contributed by atoms with Crippen LogP contribution in [0.15, 0.2) is 59.5 Å². The first kappa shape index (κ1) is 29.5. The Bertz CT molecular complexity index is 1720. The van der Waals surface area contributed by atoms with Crippen LogP contribution in [0.5, 0.6) is 0 Å². The summed E-state index contributed by atoms with van der Waals surface area (Å²) in [5.41, 5.74) is 0.371. The van der Waals surface area contributed by atoms with E-state index in [0.29, 0.717) is 37.2 Å². The van der Waals surface area contributed by atoms with E-state index in [1.54, 1.807) is 24.3 Å². The number of anilines is 1. The number of nitrogens with one attached hydrogen (secondary N) is 2. The van der Waals surface area contributed by atoms with Crippen molar-refractivity contribution < 1.29 is 22.4 Å². The van der Waals surface area contributed by atoms with Crippen LogP contribution in [-0.2, 0) is 20.2 Å². The summed E-state index contributed by atoms with van der Waals surface area (Å²) in [6.07, 6.45) is 2.58. The lowest BCUT2D eigenvalue weighted by atomic mass is 9.68. The van der Waals surface area contributed by atoms with E-state index in [1.807, 2.05) is 0 Å². The molecule has 2 unspecified atom stereocenters. The SMILES string of the molecule is CC(=O)[N+]1(S(=O)(=O)c2ccc(F)cc2)c2ccc(C(=O)Nc3cccc(Cl)c3Cl)c(Cl)c2C2(CCNCC2)C1C1CC1. The molecule has 2 fully saturated rings. The highest BCUT2D eigenvalue weighted by molar-refractivity contribution is 7.91.